The predicted octanol–water partition coefficient (Wildman–Crippen LogP) is 4.29. The van der Waals surface area contributed by atoms with Crippen molar-refractivity contribution in [3.05, 3.63) is 48.5 Å². The predicted molar refractivity (Wildman–Crippen MR) is 120 cm³/mol. The second kappa shape index (κ2) is 11.6. The third-order valence-corrected chi connectivity index (χ3v) is 6.25. The zero-order valence-electron chi connectivity index (χ0n) is 17.7. The Morgan fingerprint density at radius 2 is 1.41 bits per heavy atom. The lowest BCUT2D eigenvalue weighted by Gasteiger charge is -2.36. The van der Waals surface area contributed by atoms with Crippen LogP contribution in [0.4, 0.5) is 11.4 Å². The lowest BCUT2D eigenvalue weighted by molar-refractivity contribution is 0.0192. The molecule has 1 heterocycles. The molecule has 1 atom stereocenters. The van der Waals surface area contributed by atoms with Crippen LogP contribution in [-0.2, 0) is 14.2 Å². The van der Waals surface area contributed by atoms with Gasteiger partial charge in [-0.25, -0.2) is 0 Å². The topological polar surface area (TPSA) is 34.2 Å². The first-order valence-corrected chi connectivity index (χ1v) is 11.0. The number of hydrogen-bond acceptors (Lipinski definition) is 6. The summed E-state index contributed by atoms with van der Waals surface area (Å²) in [7, 11) is 3.84. The number of nitrogens with zero attached hydrogens (tertiary/aromatic N) is 2. The molecule has 0 saturated heterocycles. The van der Waals surface area contributed by atoms with Crippen molar-refractivity contribution in [2.45, 2.75) is 22.8 Å². The molecule has 158 valence electrons. The minimum Gasteiger partial charge on any atom is -0.382 e. The fraction of sp³-hybridized carbons (Fsp3) is 0.478. The average molecular weight is 417 g/mol. The number of rotatable bonds is 12. The number of fused-ring (bicyclic) bond motifs is 2. The average Bonchev–Trinajstić information content (AvgIpc) is 2.75. The zero-order chi connectivity index (χ0) is 20.5. The van der Waals surface area contributed by atoms with Crippen molar-refractivity contribution in [3.8, 4) is 0 Å². The first-order chi connectivity index (χ1) is 14.2. The van der Waals surface area contributed by atoms with Crippen molar-refractivity contribution in [1.82, 2.24) is 4.90 Å². The van der Waals surface area contributed by atoms with Gasteiger partial charge in [-0.2, -0.15) is 0 Å². The van der Waals surface area contributed by atoms with Gasteiger partial charge in [-0.15, -0.1) is 0 Å². The van der Waals surface area contributed by atoms with E-state index in [-0.39, 0.29) is 0 Å². The van der Waals surface area contributed by atoms with Gasteiger partial charge in [0, 0.05) is 36.0 Å². The first kappa shape index (κ1) is 22.1. The molecule has 6 heteroatoms. The molecule has 0 aromatic heterocycles. The summed E-state index contributed by atoms with van der Waals surface area (Å²) in [5.41, 5.74) is 2.59. The molecule has 0 saturated carbocycles. The third-order valence-electron chi connectivity index (χ3n) is 5.12. The van der Waals surface area contributed by atoms with Gasteiger partial charge in [0.2, 0.25) is 0 Å². The fourth-order valence-corrected chi connectivity index (χ4v) is 4.37. The Morgan fingerprint density at radius 3 is 2.03 bits per heavy atom. The molecule has 0 spiro atoms. The van der Waals surface area contributed by atoms with E-state index in [1.54, 1.807) is 7.11 Å². The molecule has 0 bridgehead atoms. The Balaban J connectivity index is 1.51. The molecule has 3 rings (SSSR count). The van der Waals surface area contributed by atoms with Gasteiger partial charge < -0.3 is 19.1 Å². The molecule has 5 nitrogen and oxygen atoms in total. The van der Waals surface area contributed by atoms with Gasteiger partial charge in [0.15, 0.2) is 0 Å². The number of likely N-dealkylation sites (N-methyl/N-ethyl adjacent to an activating group) is 1. The highest BCUT2D eigenvalue weighted by Gasteiger charge is 2.25. The smallest absolute Gasteiger partial charge is 0.0701 e. The molecule has 1 aliphatic heterocycles. The highest BCUT2D eigenvalue weighted by Crippen LogP contribution is 2.47. The van der Waals surface area contributed by atoms with Gasteiger partial charge in [-0.3, -0.25) is 4.90 Å². The normalized spacial score (nSPS) is 14.0. The molecule has 0 radical (unpaired) electrons. The van der Waals surface area contributed by atoms with Crippen LogP contribution in [0.2, 0.25) is 0 Å². The molecule has 1 unspecified atom stereocenters. The van der Waals surface area contributed by atoms with Crippen molar-refractivity contribution in [3.63, 3.8) is 0 Å². The van der Waals surface area contributed by atoms with Crippen molar-refractivity contribution < 1.29 is 14.2 Å². The monoisotopic (exact) mass is 416 g/mol. The lowest BCUT2D eigenvalue weighted by Crippen LogP contribution is -2.40. The Labute approximate surface area is 178 Å². The largest absolute Gasteiger partial charge is 0.382 e. The molecule has 2 aromatic rings. The van der Waals surface area contributed by atoms with Crippen LogP contribution < -0.4 is 4.90 Å². The third kappa shape index (κ3) is 6.20. The molecule has 1 aliphatic rings. The maximum atomic E-state index is 5.71. The van der Waals surface area contributed by atoms with Crippen LogP contribution in [0.3, 0.4) is 0 Å². The Kier molecular flexibility index (Phi) is 8.83. The summed E-state index contributed by atoms with van der Waals surface area (Å²) in [6, 6.07) is 17.7. The van der Waals surface area contributed by atoms with Crippen LogP contribution in [-0.4, -0.2) is 71.2 Å². The maximum absolute atomic E-state index is 5.71. The van der Waals surface area contributed by atoms with E-state index in [2.05, 4.69) is 72.3 Å². The van der Waals surface area contributed by atoms with E-state index < -0.39 is 0 Å². The van der Waals surface area contributed by atoms with E-state index in [0.29, 0.717) is 39.1 Å². The summed E-state index contributed by atoms with van der Waals surface area (Å²) >= 11 is 1.85. The number of hydrogen-bond donors (Lipinski definition) is 0. The van der Waals surface area contributed by atoms with Crippen LogP contribution >= 0.6 is 11.8 Å². The highest BCUT2D eigenvalue weighted by molar-refractivity contribution is 7.99. The number of methoxy groups -OCH3 is 1. The standard InChI is InChI=1S/C23H32N2O3S/c1-19(24(2)12-13-27-16-17-28-15-14-26-3)18-25-20-8-4-6-10-22(20)29-23-11-7-5-9-21(23)25/h4-11,19H,12-18H2,1-3H3. The Bertz CT molecular complexity index is 713. The fourth-order valence-electron chi connectivity index (χ4n) is 3.27. The minimum atomic E-state index is 0.390. The van der Waals surface area contributed by atoms with Crippen molar-refractivity contribution in [2.75, 3.05) is 65.2 Å². The molecular weight excluding hydrogens is 384 g/mol. The summed E-state index contributed by atoms with van der Waals surface area (Å²) in [5.74, 6) is 0. The van der Waals surface area contributed by atoms with Gasteiger partial charge in [-0.05, 0) is 38.2 Å². The molecule has 29 heavy (non-hydrogen) atoms. The second-order valence-corrected chi connectivity index (χ2v) is 8.28. The molecule has 0 amide bonds. The van der Waals surface area contributed by atoms with E-state index in [0.717, 1.165) is 13.1 Å². The first-order valence-electron chi connectivity index (χ1n) is 10.2. The van der Waals surface area contributed by atoms with Crippen LogP contribution in [0.5, 0.6) is 0 Å². The molecule has 0 aliphatic carbocycles. The van der Waals surface area contributed by atoms with Crippen LogP contribution in [0.25, 0.3) is 0 Å². The summed E-state index contributed by atoms with van der Waals surface area (Å²) < 4.78 is 16.1. The number of anilines is 2. The molecule has 2 aromatic carbocycles. The van der Waals surface area contributed by atoms with Gasteiger partial charge in [0.05, 0.1) is 44.4 Å². The minimum absolute atomic E-state index is 0.390. The maximum Gasteiger partial charge on any atom is 0.0701 e. The highest BCUT2D eigenvalue weighted by atomic mass is 32.2. The lowest BCUT2D eigenvalue weighted by atomic mass is 10.2. The van der Waals surface area contributed by atoms with E-state index in [1.807, 2.05) is 11.8 Å². The SMILES string of the molecule is COCCOCCOCCN(C)C(C)CN1c2ccccc2Sc2ccccc21. The van der Waals surface area contributed by atoms with Gasteiger partial charge >= 0.3 is 0 Å². The van der Waals surface area contributed by atoms with Crippen molar-refractivity contribution >= 4 is 23.1 Å². The second-order valence-electron chi connectivity index (χ2n) is 7.20. The molecular formula is C23H32N2O3S. The van der Waals surface area contributed by atoms with Crippen molar-refractivity contribution in [2.24, 2.45) is 0 Å². The van der Waals surface area contributed by atoms with E-state index in [1.165, 1.54) is 21.2 Å². The molecule has 0 N–H and O–H groups in total. The van der Waals surface area contributed by atoms with Crippen LogP contribution in [0, 0.1) is 0 Å². The van der Waals surface area contributed by atoms with Gasteiger partial charge in [0.25, 0.3) is 0 Å². The Morgan fingerprint density at radius 1 is 0.862 bits per heavy atom. The van der Waals surface area contributed by atoms with Crippen LogP contribution in [0.1, 0.15) is 6.92 Å². The van der Waals surface area contributed by atoms with E-state index >= 15 is 0 Å². The number of para-hydroxylation sites is 2. The zero-order valence-corrected chi connectivity index (χ0v) is 18.5. The Hall–Kier alpha value is -1.57. The molecule has 0 fully saturated rings. The van der Waals surface area contributed by atoms with Crippen molar-refractivity contribution in [1.29, 1.82) is 0 Å². The van der Waals surface area contributed by atoms with E-state index in [4.69, 9.17) is 14.2 Å². The number of benzene rings is 2. The van der Waals surface area contributed by atoms with E-state index in [9.17, 15) is 0 Å². The van der Waals surface area contributed by atoms with Crippen LogP contribution in [0.15, 0.2) is 58.3 Å². The number of ether oxygens (including phenoxy) is 3. The van der Waals surface area contributed by atoms with Gasteiger partial charge in [0.1, 0.15) is 0 Å². The summed E-state index contributed by atoms with van der Waals surface area (Å²) in [6.07, 6.45) is 0. The summed E-state index contributed by atoms with van der Waals surface area (Å²) in [4.78, 5) is 7.45. The summed E-state index contributed by atoms with van der Waals surface area (Å²) in [6.45, 7) is 7.29. The summed E-state index contributed by atoms with van der Waals surface area (Å²) in [5, 5.41) is 0. The quantitative estimate of drug-likeness (QED) is 0.480. The van der Waals surface area contributed by atoms with Gasteiger partial charge in [-0.1, -0.05) is 36.0 Å².